The van der Waals surface area contributed by atoms with Gasteiger partial charge in [-0.1, -0.05) is 95.2 Å². The number of aromatic nitrogens is 2. The van der Waals surface area contributed by atoms with Crippen LogP contribution in [0.25, 0.3) is 22.8 Å². The normalized spacial score (nSPS) is 20.5. The fraction of sp³-hybridized carbons (Fsp3) is 0.394. The molecule has 0 bridgehead atoms. The third-order valence-corrected chi connectivity index (χ3v) is 16.2. The van der Waals surface area contributed by atoms with E-state index in [-0.39, 0.29) is 46.5 Å². The lowest BCUT2D eigenvalue weighted by atomic mass is 9.76. The third-order valence-electron chi connectivity index (χ3n) is 16.2. The van der Waals surface area contributed by atoms with Gasteiger partial charge in [0.25, 0.3) is 11.8 Å². The van der Waals surface area contributed by atoms with Crippen molar-refractivity contribution >= 4 is 11.7 Å². The minimum atomic E-state index is -0.384. The number of carbonyl (C=O) groups is 1. The van der Waals surface area contributed by atoms with Gasteiger partial charge in [-0.3, -0.25) is 14.6 Å². The van der Waals surface area contributed by atoms with Crippen LogP contribution in [-0.2, 0) is 48.2 Å². The maximum atomic E-state index is 13.1. The average molecular weight is 1070 g/mol. The first-order chi connectivity index (χ1) is 37.8. The maximum Gasteiger partial charge on any atom is 0.258 e. The Kier molecular flexibility index (Phi) is 15.7. The molecule has 2 N–H and O–H groups in total. The largest absolute Gasteiger partial charge is 0.491 e. The van der Waals surface area contributed by atoms with Crippen LogP contribution in [0.2, 0.25) is 0 Å². The zero-order chi connectivity index (χ0) is 55.7. The Morgan fingerprint density at radius 1 is 0.633 bits per heavy atom. The molecule has 6 aromatic carbocycles. The summed E-state index contributed by atoms with van der Waals surface area (Å²) in [4.78, 5) is 22.9. The van der Waals surface area contributed by atoms with Gasteiger partial charge in [0.05, 0.1) is 36.5 Å². The maximum absolute atomic E-state index is 13.1. The number of oxime groups is 1. The fourth-order valence-corrected chi connectivity index (χ4v) is 12.1. The summed E-state index contributed by atoms with van der Waals surface area (Å²) in [5, 5.41) is 20.5. The molecule has 3 heterocycles. The van der Waals surface area contributed by atoms with E-state index in [4.69, 9.17) is 28.5 Å². The Hall–Kier alpha value is -7.16. The SMILES string of the molecule is Cc1cc(-c2nc(-c3ccc4c(c3)CC3(CC4)COC(C)(C)N3Cc3ccccc3)no2)ccc1OC(C)C.Cc1cc(C(=O)N/C(=N\O)c2ccc3c(c2)CC2(CC3)COC(C)(C)N2Cc2ccccc2)ccc1OC(C)C. The lowest BCUT2D eigenvalue weighted by molar-refractivity contribution is -0.0676. The number of fused-ring (bicyclic) bond motifs is 2. The lowest BCUT2D eigenvalue weighted by Crippen LogP contribution is -2.54. The highest BCUT2D eigenvalue weighted by Crippen LogP contribution is 2.46. The summed E-state index contributed by atoms with van der Waals surface area (Å²) in [7, 11) is 0. The number of benzene rings is 6. The number of hydrogen-bond acceptors (Lipinski definition) is 12. The van der Waals surface area contributed by atoms with E-state index in [1.807, 2.05) is 77.9 Å². The minimum Gasteiger partial charge on any atom is -0.491 e. The molecule has 7 aromatic rings. The van der Waals surface area contributed by atoms with Crippen molar-refractivity contribution in [2.45, 2.75) is 156 Å². The monoisotopic (exact) mass is 1060 g/mol. The van der Waals surface area contributed by atoms with Crippen molar-refractivity contribution in [3.8, 4) is 34.3 Å². The van der Waals surface area contributed by atoms with Crippen LogP contribution in [0.4, 0.5) is 0 Å². The van der Waals surface area contributed by atoms with Gasteiger partial charge in [0.2, 0.25) is 5.82 Å². The van der Waals surface area contributed by atoms with E-state index in [1.54, 1.807) is 18.2 Å². The Balaban J connectivity index is 0.000000178. The molecule has 2 aliphatic carbocycles. The van der Waals surface area contributed by atoms with Gasteiger partial charge in [-0.15, -0.1) is 0 Å². The molecular weight excluding hydrogens is 989 g/mol. The van der Waals surface area contributed by atoms with Crippen molar-refractivity contribution in [3.63, 3.8) is 0 Å². The molecule has 11 rings (SSSR count). The molecule has 2 atom stereocenters. The molecule has 13 heteroatoms. The Labute approximate surface area is 465 Å². The van der Waals surface area contributed by atoms with Crippen LogP contribution in [0.1, 0.15) is 129 Å². The van der Waals surface area contributed by atoms with Gasteiger partial charge in [-0.2, -0.15) is 4.98 Å². The van der Waals surface area contributed by atoms with Gasteiger partial charge in [0, 0.05) is 35.3 Å². The third kappa shape index (κ3) is 11.9. The van der Waals surface area contributed by atoms with E-state index >= 15 is 0 Å². The fourth-order valence-electron chi connectivity index (χ4n) is 12.1. The zero-order valence-electron chi connectivity index (χ0n) is 47.6. The Bertz CT molecular complexity index is 3330. The molecule has 2 aliphatic heterocycles. The van der Waals surface area contributed by atoms with Crippen molar-refractivity contribution in [1.29, 1.82) is 0 Å². The number of carbonyl (C=O) groups excluding carboxylic acids is 1. The number of aryl methyl sites for hydroxylation is 4. The Morgan fingerprint density at radius 2 is 1.14 bits per heavy atom. The van der Waals surface area contributed by atoms with Gasteiger partial charge in [0.1, 0.15) is 22.9 Å². The summed E-state index contributed by atoms with van der Waals surface area (Å²) in [6.45, 7) is 23.7. The average Bonchev–Trinajstić information content (AvgIpc) is 4.05. The van der Waals surface area contributed by atoms with Crippen LogP contribution in [0.3, 0.4) is 0 Å². The molecule has 0 saturated carbocycles. The minimum absolute atomic E-state index is 0.0370. The first-order valence-electron chi connectivity index (χ1n) is 27.9. The molecule has 2 unspecified atom stereocenters. The summed E-state index contributed by atoms with van der Waals surface area (Å²) in [6.07, 6.45) is 5.97. The molecule has 2 fully saturated rings. The van der Waals surface area contributed by atoms with E-state index < -0.39 is 0 Å². The van der Waals surface area contributed by atoms with Crippen molar-refractivity contribution in [2.24, 2.45) is 5.16 Å². The number of amidine groups is 1. The van der Waals surface area contributed by atoms with Crippen molar-refractivity contribution < 1.29 is 33.5 Å². The molecular formula is C66H76N6O7. The van der Waals surface area contributed by atoms with E-state index in [2.05, 4.69) is 132 Å². The second-order valence-corrected chi connectivity index (χ2v) is 23.5. The highest BCUT2D eigenvalue weighted by molar-refractivity contribution is 6.12. The zero-order valence-corrected chi connectivity index (χ0v) is 47.6. The Morgan fingerprint density at radius 3 is 1.67 bits per heavy atom. The molecule has 1 amide bonds. The number of hydrogen-bond donors (Lipinski definition) is 2. The van der Waals surface area contributed by atoms with Gasteiger partial charge >= 0.3 is 0 Å². The van der Waals surface area contributed by atoms with Crippen molar-refractivity contribution in [3.05, 3.63) is 189 Å². The number of ether oxygens (including phenoxy) is 4. The highest BCUT2D eigenvalue weighted by atomic mass is 16.5. The second kappa shape index (κ2) is 22.5. The van der Waals surface area contributed by atoms with E-state index in [9.17, 15) is 10.0 Å². The van der Waals surface area contributed by atoms with Crippen molar-refractivity contribution in [2.75, 3.05) is 13.2 Å². The van der Waals surface area contributed by atoms with Gasteiger partial charge in [-0.25, -0.2) is 0 Å². The van der Waals surface area contributed by atoms with Crippen LogP contribution in [0.15, 0.2) is 143 Å². The highest BCUT2D eigenvalue weighted by Gasteiger charge is 2.54. The lowest BCUT2D eigenvalue weighted by Gasteiger charge is -2.45. The summed E-state index contributed by atoms with van der Waals surface area (Å²) in [5.41, 5.74) is 11.8. The quantitative estimate of drug-likeness (QED) is 0.0522. The smallest absolute Gasteiger partial charge is 0.258 e. The molecule has 79 heavy (non-hydrogen) atoms. The van der Waals surface area contributed by atoms with E-state index in [0.29, 0.717) is 29.4 Å². The molecule has 2 saturated heterocycles. The molecule has 0 radical (unpaired) electrons. The van der Waals surface area contributed by atoms with Gasteiger partial charge in [0.15, 0.2) is 5.84 Å². The van der Waals surface area contributed by atoms with Crippen molar-refractivity contribution in [1.82, 2.24) is 25.3 Å². The molecule has 412 valence electrons. The second-order valence-electron chi connectivity index (χ2n) is 23.5. The number of nitrogens with one attached hydrogen (secondary N) is 1. The summed E-state index contributed by atoms with van der Waals surface area (Å²) >= 11 is 0. The van der Waals surface area contributed by atoms with E-state index in [0.717, 1.165) is 92.0 Å². The van der Waals surface area contributed by atoms with Gasteiger partial charge in [-0.05, 0) is 201 Å². The van der Waals surface area contributed by atoms with E-state index in [1.165, 1.54) is 33.4 Å². The number of rotatable bonds is 12. The first kappa shape index (κ1) is 55.2. The molecule has 13 nitrogen and oxygen atoms in total. The summed E-state index contributed by atoms with van der Waals surface area (Å²) in [5.74, 6) is 2.51. The standard InChI is InChI=1S/C33H39N3O4.C33H37N3O3/c1-22(2)40-29-14-13-27(17-23(29)3)31(37)34-30(35-38)26-12-11-25-15-16-33(19-28(25)18-26)21-39-32(4,5)36(33)20-24-9-7-6-8-10-24;1-22(2)38-29-14-13-27(17-23(29)3)31-34-30(35-39-31)26-12-11-25-15-16-33(19-28(25)18-26)21-37-32(4,5)36(33)20-24-9-7-6-8-10-24/h6-14,17-18,22,38H,15-16,19-21H2,1-5H3,(H,34,35,37);6-14,17-18,22H,15-16,19-21H2,1-5H3. The van der Waals surface area contributed by atoms with Crippen LogP contribution >= 0.6 is 0 Å². The van der Waals surface area contributed by atoms with Crippen LogP contribution < -0.4 is 14.8 Å². The molecule has 2 spiro atoms. The predicted molar refractivity (Wildman–Crippen MR) is 308 cm³/mol. The van der Waals surface area contributed by atoms with Crippen LogP contribution in [-0.4, -0.2) is 84.8 Å². The predicted octanol–water partition coefficient (Wildman–Crippen LogP) is 12.8. The summed E-state index contributed by atoms with van der Waals surface area (Å²) in [6, 6.07) is 45.1. The topological polar surface area (TPSA) is 144 Å². The first-order valence-corrected chi connectivity index (χ1v) is 27.9. The van der Waals surface area contributed by atoms with Crippen LogP contribution in [0, 0.1) is 13.8 Å². The summed E-state index contributed by atoms with van der Waals surface area (Å²) < 4.78 is 30.2. The number of amides is 1. The van der Waals surface area contributed by atoms with Crippen LogP contribution in [0.5, 0.6) is 11.5 Å². The molecule has 1 aromatic heterocycles. The van der Waals surface area contributed by atoms with Gasteiger partial charge < -0.3 is 34.0 Å². The number of nitrogens with zero attached hydrogens (tertiary/aromatic N) is 5. The molecule has 4 aliphatic rings.